The van der Waals surface area contributed by atoms with Gasteiger partial charge >= 0.3 is 0 Å². The maximum atomic E-state index is 13.3. The summed E-state index contributed by atoms with van der Waals surface area (Å²) in [6, 6.07) is 19.0. The second kappa shape index (κ2) is 6.57. The summed E-state index contributed by atoms with van der Waals surface area (Å²) in [6.45, 7) is 0.480. The van der Waals surface area contributed by atoms with E-state index in [0.29, 0.717) is 18.5 Å². The molecule has 0 bridgehead atoms. The zero-order valence-corrected chi connectivity index (χ0v) is 16.9. The number of para-hydroxylation sites is 1. The first kappa shape index (κ1) is 17.5. The van der Waals surface area contributed by atoms with E-state index in [4.69, 9.17) is 0 Å². The number of thiophene rings is 1. The molecule has 2 N–H and O–H groups in total. The van der Waals surface area contributed by atoms with Crippen molar-refractivity contribution in [3.8, 4) is 0 Å². The number of rotatable bonds is 3. The van der Waals surface area contributed by atoms with Crippen LogP contribution in [-0.4, -0.2) is 27.7 Å². The van der Waals surface area contributed by atoms with Gasteiger partial charge in [0.15, 0.2) is 0 Å². The predicted octanol–water partition coefficient (Wildman–Crippen LogP) is 4.02. The largest absolute Gasteiger partial charge is 0.356 e. The lowest BCUT2D eigenvalue weighted by Gasteiger charge is -2.37. The second-order valence-corrected chi connectivity index (χ2v) is 8.81. The van der Waals surface area contributed by atoms with Crippen molar-refractivity contribution in [2.24, 2.45) is 0 Å². The smallest absolute Gasteiger partial charge is 0.255 e. The molecule has 2 aliphatic rings. The van der Waals surface area contributed by atoms with Crippen LogP contribution in [0.4, 0.5) is 0 Å². The maximum Gasteiger partial charge on any atom is 0.255 e. The van der Waals surface area contributed by atoms with Crippen molar-refractivity contribution in [3.05, 3.63) is 93.3 Å². The van der Waals surface area contributed by atoms with Gasteiger partial charge in [-0.1, -0.05) is 42.5 Å². The molecule has 6 rings (SSSR count). The molecule has 0 aliphatic carbocycles. The third-order valence-electron chi connectivity index (χ3n) is 6.17. The van der Waals surface area contributed by atoms with Crippen molar-refractivity contribution >= 4 is 34.1 Å². The fourth-order valence-electron chi connectivity index (χ4n) is 4.84. The monoisotopic (exact) mass is 413 g/mol. The molecule has 2 amide bonds. The number of benzene rings is 2. The summed E-state index contributed by atoms with van der Waals surface area (Å²) in [4.78, 5) is 33.0. The van der Waals surface area contributed by atoms with Crippen molar-refractivity contribution < 1.29 is 9.59 Å². The lowest BCUT2D eigenvalue weighted by Crippen LogP contribution is -2.52. The summed E-state index contributed by atoms with van der Waals surface area (Å²) in [7, 11) is 0. The van der Waals surface area contributed by atoms with Crippen LogP contribution in [0.2, 0.25) is 0 Å². The van der Waals surface area contributed by atoms with Gasteiger partial charge in [0.2, 0.25) is 5.91 Å². The number of amides is 2. The molecule has 2 unspecified atom stereocenters. The Morgan fingerprint density at radius 2 is 1.93 bits per heavy atom. The molecule has 30 heavy (non-hydrogen) atoms. The molecule has 4 heterocycles. The average Bonchev–Trinajstić information content (AvgIpc) is 3.49. The van der Waals surface area contributed by atoms with E-state index >= 15 is 0 Å². The zero-order chi connectivity index (χ0) is 20.2. The first-order valence-electron chi connectivity index (χ1n) is 10.0. The van der Waals surface area contributed by atoms with Crippen molar-refractivity contribution in [1.82, 2.24) is 15.2 Å². The molecule has 0 fully saturated rings. The van der Waals surface area contributed by atoms with Crippen molar-refractivity contribution in [3.63, 3.8) is 0 Å². The molecular formula is C24H19N3O2S. The van der Waals surface area contributed by atoms with Crippen LogP contribution in [-0.2, 0) is 17.8 Å². The van der Waals surface area contributed by atoms with Gasteiger partial charge in [0, 0.05) is 33.5 Å². The van der Waals surface area contributed by atoms with Crippen LogP contribution in [0.25, 0.3) is 10.9 Å². The van der Waals surface area contributed by atoms with Gasteiger partial charge in [-0.25, -0.2) is 0 Å². The zero-order valence-electron chi connectivity index (χ0n) is 16.1. The summed E-state index contributed by atoms with van der Waals surface area (Å²) in [6.07, 6.45) is 0.506. The third-order valence-corrected chi connectivity index (χ3v) is 7.05. The van der Waals surface area contributed by atoms with E-state index in [1.165, 1.54) is 0 Å². The molecule has 6 heteroatoms. The van der Waals surface area contributed by atoms with Crippen molar-refractivity contribution in [1.29, 1.82) is 0 Å². The lowest BCUT2D eigenvalue weighted by molar-refractivity contribution is -0.126. The Kier molecular flexibility index (Phi) is 3.83. The topological polar surface area (TPSA) is 65.2 Å². The number of nitrogens with one attached hydrogen (secondary N) is 2. The molecule has 4 aromatic rings. The Bertz CT molecular complexity index is 1290. The van der Waals surface area contributed by atoms with E-state index < -0.39 is 6.04 Å². The minimum Gasteiger partial charge on any atom is -0.356 e. The minimum atomic E-state index is -0.540. The molecule has 0 spiro atoms. The number of carbonyl (C=O) groups is 2. The first-order valence-corrected chi connectivity index (χ1v) is 10.9. The summed E-state index contributed by atoms with van der Waals surface area (Å²) in [5.41, 5.74) is 4.85. The molecule has 5 nitrogen and oxygen atoms in total. The van der Waals surface area contributed by atoms with Gasteiger partial charge in [-0.3, -0.25) is 9.59 Å². The molecule has 0 saturated carbocycles. The third kappa shape index (κ3) is 2.47. The fraction of sp³-hybridized carbons (Fsp3) is 0.167. The maximum absolute atomic E-state index is 13.3. The molecule has 2 aliphatic heterocycles. The predicted molar refractivity (Wildman–Crippen MR) is 116 cm³/mol. The Hall–Kier alpha value is -3.38. The first-order chi connectivity index (χ1) is 14.7. The number of fused-ring (bicyclic) bond motifs is 7. The Labute approximate surface area is 177 Å². The van der Waals surface area contributed by atoms with Crippen LogP contribution < -0.4 is 5.32 Å². The van der Waals surface area contributed by atoms with E-state index in [1.54, 1.807) is 16.2 Å². The summed E-state index contributed by atoms with van der Waals surface area (Å²) >= 11 is 1.61. The Morgan fingerprint density at radius 1 is 1.10 bits per heavy atom. The van der Waals surface area contributed by atoms with Crippen LogP contribution in [0.5, 0.6) is 0 Å². The average molecular weight is 414 g/mol. The number of aromatic nitrogens is 1. The highest BCUT2D eigenvalue weighted by atomic mass is 32.1. The SMILES string of the molecule is O=C(NCc1cccs1)C1Cc2c([nH]c3ccccc23)C2c3ccccc3C(=O)N12. The lowest BCUT2D eigenvalue weighted by atomic mass is 9.90. The normalized spacial score (nSPS) is 19.5. The Morgan fingerprint density at radius 3 is 2.80 bits per heavy atom. The van der Waals surface area contributed by atoms with E-state index in [-0.39, 0.29) is 17.9 Å². The summed E-state index contributed by atoms with van der Waals surface area (Å²) in [5, 5.41) is 6.18. The molecule has 0 saturated heterocycles. The van der Waals surface area contributed by atoms with Gasteiger partial charge in [0.05, 0.1) is 12.6 Å². The fourth-order valence-corrected chi connectivity index (χ4v) is 5.49. The highest BCUT2D eigenvalue weighted by molar-refractivity contribution is 7.09. The van der Waals surface area contributed by atoms with Crippen LogP contribution in [0.3, 0.4) is 0 Å². The Balaban J connectivity index is 1.46. The van der Waals surface area contributed by atoms with Crippen LogP contribution >= 0.6 is 11.3 Å². The van der Waals surface area contributed by atoms with Crippen molar-refractivity contribution in [2.75, 3.05) is 0 Å². The molecule has 0 radical (unpaired) electrons. The molecule has 2 aromatic heterocycles. The van der Waals surface area contributed by atoms with E-state index in [9.17, 15) is 9.59 Å². The number of nitrogens with zero attached hydrogens (tertiary/aromatic N) is 1. The second-order valence-electron chi connectivity index (χ2n) is 7.78. The molecular weight excluding hydrogens is 394 g/mol. The number of hydrogen-bond donors (Lipinski definition) is 2. The minimum absolute atomic E-state index is 0.0730. The quantitative estimate of drug-likeness (QED) is 0.533. The molecule has 148 valence electrons. The van der Waals surface area contributed by atoms with Gasteiger partial charge in [0.25, 0.3) is 5.91 Å². The number of carbonyl (C=O) groups excluding carboxylic acids is 2. The summed E-state index contributed by atoms with van der Waals surface area (Å²) < 4.78 is 0. The van der Waals surface area contributed by atoms with Crippen LogP contribution in [0.15, 0.2) is 66.0 Å². The van der Waals surface area contributed by atoms with Crippen LogP contribution in [0, 0.1) is 0 Å². The van der Waals surface area contributed by atoms with Crippen LogP contribution in [0.1, 0.15) is 38.1 Å². The highest BCUT2D eigenvalue weighted by Crippen LogP contribution is 2.46. The van der Waals surface area contributed by atoms with E-state index in [2.05, 4.69) is 16.4 Å². The van der Waals surface area contributed by atoms with E-state index in [0.717, 1.165) is 32.6 Å². The standard InChI is InChI=1S/C24H19N3O2S/c28-23(25-13-14-6-5-11-30-14)20-12-18-15-7-3-4-10-19(15)26-21(18)22-16-8-1-2-9-17(16)24(29)27(20)22/h1-11,20,22,26H,12-13H2,(H,25,28). The van der Waals surface area contributed by atoms with Gasteiger partial charge in [-0.05, 0) is 34.7 Å². The van der Waals surface area contributed by atoms with Crippen molar-refractivity contribution in [2.45, 2.75) is 25.0 Å². The van der Waals surface area contributed by atoms with Gasteiger partial charge < -0.3 is 15.2 Å². The number of aromatic amines is 1. The van der Waals surface area contributed by atoms with Gasteiger partial charge in [0.1, 0.15) is 6.04 Å². The highest BCUT2D eigenvalue weighted by Gasteiger charge is 2.48. The molecule has 2 aromatic carbocycles. The van der Waals surface area contributed by atoms with Gasteiger partial charge in [-0.2, -0.15) is 0 Å². The molecule has 2 atom stereocenters. The number of H-pyrrole nitrogens is 1. The number of hydrogen-bond acceptors (Lipinski definition) is 3. The van der Waals surface area contributed by atoms with E-state index in [1.807, 2.05) is 60.0 Å². The van der Waals surface area contributed by atoms with Gasteiger partial charge in [-0.15, -0.1) is 11.3 Å². The summed E-state index contributed by atoms with van der Waals surface area (Å²) in [5.74, 6) is -0.179.